The second-order valence-corrected chi connectivity index (χ2v) is 3.78. The number of hydrogen-bond donors (Lipinski definition) is 3. The molecule has 0 spiro atoms. The standard InChI is InChI=1S/C10H13N3S.C2H6/c1-11-6-8-2-4-9(5-3-8)10-7-14-13-12-10;1-2/h2-5,7,11-13H,6H2,1H3;1-2H3. The molecule has 0 atom stereocenters. The van der Waals surface area contributed by atoms with E-state index in [-0.39, 0.29) is 0 Å². The van der Waals surface area contributed by atoms with Gasteiger partial charge in [0, 0.05) is 12.0 Å². The Morgan fingerprint density at radius 3 is 2.38 bits per heavy atom. The van der Waals surface area contributed by atoms with Crippen LogP contribution in [-0.4, -0.2) is 7.05 Å². The molecule has 1 aliphatic rings. The van der Waals surface area contributed by atoms with Crippen LogP contribution < -0.4 is 15.6 Å². The Bertz CT molecular complexity index is 333. The molecular formula is C12H19N3S. The molecule has 0 aromatic heterocycles. The van der Waals surface area contributed by atoms with Gasteiger partial charge in [0.15, 0.2) is 0 Å². The van der Waals surface area contributed by atoms with Gasteiger partial charge in [-0.2, -0.15) is 4.83 Å². The monoisotopic (exact) mass is 237 g/mol. The lowest BCUT2D eigenvalue weighted by Crippen LogP contribution is -2.17. The molecule has 16 heavy (non-hydrogen) atoms. The third kappa shape index (κ3) is 3.56. The Balaban J connectivity index is 0.000000606. The first-order valence-corrected chi connectivity index (χ1v) is 6.39. The Morgan fingerprint density at radius 1 is 1.19 bits per heavy atom. The van der Waals surface area contributed by atoms with Crippen molar-refractivity contribution in [3.8, 4) is 0 Å². The van der Waals surface area contributed by atoms with Crippen LogP contribution in [0.15, 0.2) is 29.7 Å². The van der Waals surface area contributed by atoms with E-state index in [2.05, 4.69) is 45.2 Å². The van der Waals surface area contributed by atoms with Crippen LogP contribution >= 0.6 is 11.9 Å². The molecule has 0 saturated heterocycles. The Kier molecular flexibility index (Phi) is 6.00. The highest BCUT2D eigenvalue weighted by Crippen LogP contribution is 2.18. The molecule has 0 aliphatic carbocycles. The topological polar surface area (TPSA) is 36.1 Å². The second kappa shape index (κ2) is 7.33. The number of hydrazine groups is 1. The van der Waals surface area contributed by atoms with E-state index < -0.39 is 0 Å². The molecule has 3 nitrogen and oxygen atoms in total. The molecular weight excluding hydrogens is 218 g/mol. The molecule has 1 aliphatic heterocycles. The summed E-state index contributed by atoms with van der Waals surface area (Å²) in [6.07, 6.45) is 0. The van der Waals surface area contributed by atoms with Crippen molar-refractivity contribution >= 4 is 17.6 Å². The molecule has 0 amide bonds. The van der Waals surface area contributed by atoms with Gasteiger partial charge in [0.25, 0.3) is 0 Å². The fraction of sp³-hybridized carbons (Fsp3) is 0.333. The van der Waals surface area contributed by atoms with Gasteiger partial charge in [0.05, 0.1) is 5.70 Å². The lowest BCUT2D eigenvalue weighted by molar-refractivity contribution is 0.817. The summed E-state index contributed by atoms with van der Waals surface area (Å²) in [7, 11) is 1.95. The van der Waals surface area contributed by atoms with Crippen molar-refractivity contribution in [1.82, 2.24) is 15.6 Å². The zero-order valence-corrected chi connectivity index (χ0v) is 10.8. The molecule has 3 N–H and O–H groups in total. The van der Waals surface area contributed by atoms with E-state index in [1.165, 1.54) is 11.1 Å². The second-order valence-electron chi connectivity index (χ2n) is 3.10. The molecule has 4 heteroatoms. The molecule has 0 unspecified atom stereocenters. The first-order valence-electron chi connectivity index (χ1n) is 5.51. The van der Waals surface area contributed by atoms with Crippen molar-refractivity contribution in [1.29, 1.82) is 0 Å². The van der Waals surface area contributed by atoms with Gasteiger partial charge in [-0.1, -0.05) is 38.1 Å². The predicted molar refractivity (Wildman–Crippen MR) is 72.4 cm³/mol. The van der Waals surface area contributed by atoms with Gasteiger partial charge in [-0.15, -0.1) is 0 Å². The van der Waals surface area contributed by atoms with Crippen molar-refractivity contribution < 1.29 is 0 Å². The molecule has 1 aromatic carbocycles. The molecule has 88 valence electrons. The zero-order valence-electron chi connectivity index (χ0n) is 10.0. The zero-order chi connectivity index (χ0) is 11.8. The minimum atomic E-state index is 0.916. The Hall–Kier alpha value is -0.970. The van der Waals surface area contributed by atoms with Crippen molar-refractivity contribution in [2.45, 2.75) is 20.4 Å². The normalized spacial score (nSPS) is 13.6. The predicted octanol–water partition coefficient (Wildman–Crippen LogP) is 2.49. The van der Waals surface area contributed by atoms with Crippen LogP contribution in [0.4, 0.5) is 0 Å². The summed E-state index contributed by atoms with van der Waals surface area (Å²) in [6.45, 7) is 4.92. The van der Waals surface area contributed by atoms with E-state index in [9.17, 15) is 0 Å². The first kappa shape index (κ1) is 13.1. The summed E-state index contributed by atoms with van der Waals surface area (Å²) in [6, 6.07) is 8.52. The minimum absolute atomic E-state index is 0.916. The van der Waals surface area contributed by atoms with Crippen LogP contribution in [0.2, 0.25) is 0 Å². The fourth-order valence-electron chi connectivity index (χ4n) is 1.35. The van der Waals surface area contributed by atoms with Crippen molar-refractivity contribution in [3.05, 3.63) is 40.8 Å². The third-order valence-electron chi connectivity index (χ3n) is 2.07. The first-order chi connectivity index (χ1) is 7.90. The van der Waals surface area contributed by atoms with Crippen LogP contribution in [0, 0.1) is 0 Å². The van der Waals surface area contributed by atoms with Crippen LogP contribution in [0.5, 0.6) is 0 Å². The van der Waals surface area contributed by atoms with E-state index in [0.717, 1.165) is 12.2 Å². The quantitative estimate of drug-likeness (QED) is 0.706. The molecule has 1 heterocycles. The smallest absolute Gasteiger partial charge is 0.0645 e. The minimum Gasteiger partial charge on any atom is -0.316 e. The summed E-state index contributed by atoms with van der Waals surface area (Å²) in [4.78, 5) is 2.97. The van der Waals surface area contributed by atoms with E-state index in [0.29, 0.717) is 0 Å². The van der Waals surface area contributed by atoms with Gasteiger partial charge in [0.2, 0.25) is 0 Å². The molecule has 2 rings (SSSR count). The molecule has 1 aromatic rings. The van der Waals surface area contributed by atoms with E-state index in [1.807, 2.05) is 20.9 Å². The maximum Gasteiger partial charge on any atom is 0.0645 e. The summed E-state index contributed by atoms with van der Waals surface area (Å²) < 4.78 is 0. The largest absolute Gasteiger partial charge is 0.316 e. The fourth-order valence-corrected chi connectivity index (χ4v) is 1.89. The number of nitrogens with one attached hydrogen (secondary N) is 3. The maximum atomic E-state index is 3.13. The van der Waals surface area contributed by atoms with E-state index in [4.69, 9.17) is 0 Å². The SMILES string of the molecule is CC.CNCc1ccc(C2=CSNN2)cc1. The van der Waals surface area contributed by atoms with E-state index >= 15 is 0 Å². The maximum absolute atomic E-state index is 3.13. The Labute approximate surface area is 102 Å². The van der Waals surface area contributed by atoms with E-state index in [1.54, 1.807) is 11.9 Å². The molecule has 0 bridgehead atoms. The van der Waals surface area contributed by atoms with Crippen molar-refractivity contribution in [2.24, 2.45) is 0 Å². The van der Waals surface area contributed by atoms with Gasteiger partial charge in [-0.3, -0.25) is 0 Å². The third-order valence-corrected chi connectivity index (χ3v) is 2.64. The lowest BCUT2D eigenvalue weighted by atomic mass is 10.1. The summed E-state index contributed by atoms with van der Waals surface area (Å²) >= 11 is 1.56. The summed E-state index contributed by atoms with van der Waals surface area (Å²) in [5.41, 5.74) is 6.73. The average Bonchev–Trinajstić information content (AvgIpc) is 2.87. The molecule has 0 saturated carbocycles. The van der Waals surface area contributed by atoms with Crippen LogP contribution in [0.1, 0.15) is 25.0 Å². The van der Waals surface area contributed by atoms with Crippen LogP contribution in [-0.2, 0) is 6.54 Å². The lowest BCUT2D eigenvalue weighted by Gasteiger charge is -2.05. The summed E-state index contributed by atoms with van der Waals surface area (Å²) in [5.74, 6) is 0. The van der Waals surface area contributed by atoms with Gasteiger partial charge >= 0.3 is 0 Å². The highest BCUT2D eigenvalue weighted by atomic mass is 32.2. The van der Waals surface area contributed by atoms with Gasteiger partial charge in [-0.05, 0) is 30.1 Å². The number of rotatable bonds is 3. The number of hydrogen-bond acceptors (Lipinski definition) is 4. The van der Waals surface area contributed by atoms with Gasteiger partial charge in [0.1, 0.15) is 0 Å². The molecule has 0 radical (unpaired) electrons. The highest BCUT2D eigenvalue weighted by molar-refractivity contribution is 8.00. The Morgan fingerprint density at radius 2 is 1.88 bits per heavy atom. The highest BCUT2D eigenvalue weighted by Gasteiger charge is 2.05. The molecule has 0 fully saturated rings. The summed E-state index contributed by atoms with van der Waals surface area (Å²) in [5, 5.41) is 5.19. The van der Waals surface area contributed by atoms with Crippen molar-refractivity contribution in [3.63, 3.8) is 0 Å². The van der Waals surface area contributed by atoms with Crippen LogP contribution in [0.3, 0.4) is 0 Å². The van der Waals surface area contributed by atoms with Gasteiger partial charge < -0.3 is 10.7 Å². The van der Waals surface area contributed by atoms with Gasteiger partial charge in [-0.25, -0.2) is 0 Å². The average molecular weight is 237 g/mol. The van der Waals surface area contributed by atoms with Crippen molar-refractivity contribution in [2.75, 3.05) is 7.05 Å². The van der Waals surface area contributed by atoms with Crippen LogP contribution in [0.25, 0.3) is 5.70 Å². The number of benzene rings is 1.